The van der Waals surface area contributed by atoms with E-state index in [4.69, 9.17) is 26.8 Å². The maximum absolute atomic E-state index is 13.1. The van der Waals surface area contributed by atoms with Crippen LogP contribution in [0.1, 0.15) is 18.5 Å². The van der Waals surface area contributed by atoms with E-state index in [9.17, 15) is 14.4 Å². The lowest BCUT2D eigenvalue weighted by Gasteiger charge is -2.29. The van der Waals surface area contributed by atoms with Crippen molar-refractivity contribution in [3.05, 3.63) is 64.3 Å². The number of carbonyl (C=O) groups is 3. The maximum atomic E-state index is 13.1. The molecule has 9 nitrogen and oxygen atoms in total. The number of primary amides is 1. The van der Waals surface area contributed by atoms with Crippen LogP contribution in [0.4, 0.5) is 10.5 Å². The van der Waals surface area contributed by atoms with Crippen LogP contribution in [0.25, 0.3) is 0 Å². The maximum Gasteiger partial charge on any atom is 0.319 e. The molecule has 0 unspecified atom stereocenters. The smallest absolute Gasteiger partial charge is 0.319 e. The molecule has 0 bridgehead atoms. The molecule has 0 radical (unpaired) electrons. The first-order chi connectivity index (χ1) is 14.8. The van der Waals surface area contributed by atoms with Crippen molar-refractivity contribution >= 4 is 35.1 Å². The molecule has 0 aromatic heterocycles. The first kappa shape index (κ1) is 22.0. The third kappa shape index (κ3) is 5.07. The van der Waals surface area contributed by atoms with Crippen molar-refractivity contribution < 1.29 is 23.9 Å². The summed E-state index contributed by atoms with van der Waals surface area (Å²) in [5.41, 5.74) is 6.80. The molecule has 0 saturated heterocycles. The van der Waals surface area contributed by atoms with Gasteiger partial charge in [-0.05, 0) is 36.8 Å². The lowest BCUT2D eigenvalue weighted by molar-refractivity contribution is -0.120. The molecule has 31 heavy (non-hydrogen) atoms. The van der Waals surface area contributed by atoms with Gasteiger partial charge in [0.2, 0.25) is 0 Å². The number of halogens is 1. The van der Waals surface area contributed by atoms with Gasteiger partial charge in [-0.1, -0.05) is 29.8 Å². The summed E-state index contributed by atoms with van der Waals surface area (Å²) in [6.45, 7) is 1.27. The monoisotopic (exact) mass is 444 g/mol. The van der Waals surface area contributed by atoms with Crippen LogP contribution in [0.3, 0.4) is 0 Å². The highest BCUT2D eigenvalue weighted by Gasteiger charge is 2.32. The first-order valence-corrected chi connectivity index (χ1v) is 9.61. The molecule has 162 valence electrons. The second kappa shape index (κ2) is 9.40. The Bertz CT molecular complexity index is 1070. The van der Waals surface area contributed by atoms with Crippen LogP contribution in [0.2, 0.25) is 5.02 Å². The fourth-order valence-corrected chi connectivity index (χ4v) is 3.31. The van der Waals surface area contributed by atoms with E-state index < -0.39 is 23.9 Å². The van der Waals surface area contributed by atoms with Crippen molar-refractivity contribution in [1.82, 2.24) is 10.6 Å². The van der Waals surface area contributed by atoms with Crippen molar-refractivity contribution in [2.24, 2.45) is 5.73 Å². The third-order valence-corrected chi connectivity index (χ3v) is 4.86. The minimum absolute atomic E-state index is 0.245. The molecule has 5 N–H and O–H groups in total. The second-order valence-electron chi connectivity index (χ2n) is 6.67. The number of methoxy groups -OCH3 is 1. The lowest BCUT2D eigenvalue weighted by Crippen LogP contribution is -2.46. The number of rotatable bonds is 7. The summed E-state index contributed by atoms with van der Waals surface area (Å²) in [5.74, 6) is -0.486. The first-order valence-electron chi connectivity index (χ1n) is 9.23. The number of nitrogens with one attached hydrogen (secondary N) is 3. The van der Waals surface area contributed by atoms with Crippen molar-refractivity contribution in [3.63, 3.8) is 0 Å². The van der Waals surface area contributed by atoms with Crippen LogP contribution in [-0.4, -0.2) is 31.6 Å². The van der Waals surface area contributed by atoms with E-state index >= 15 is 0 Å². The van der Waals surface area contributed by atoms with Crippen molar-refractivity contribution in [1.29, 1.82) is 0 Å². The zero-order chi connectivity index (χ0) is 22.5. The van der Waals surface area contributed by atoms with Crippen LogP contribution in [-0.2, 0) is 9.59 Å². The van der Waals surface area contributed by atoms with Gasteiger partial charge in [-0.3, -0.25) is 9.59 Å². The fraction of sp³-hybridized carbons (Fsp3) is 0.190. The third-order valence-electron chi connectivity index (χ3n) is 4.53. The number of ether oxygens (including phenoxy) is 2. The Morgan fingerprint density at radius 3 is 2.61 bits per heavy atom. The number of anilines is 1. The Hall–Kier alpha value is -3.72. The van der Waals surface area contributed by atoms with Gasteiger partial charge in [0, 0.05) is 5.70 Å². The van der Waals surface area contributed by atoms with Crippen LogP contribution in [0.5, 0.6) is 11.5 Å². The number of carbonyl (C=O) groups excluding carboxylic acids is 3. The number of hydrogen-bond acceptors (Lipinski definition) is 5. The summed E-state index contributed by atoms with van der Waals surface area (Å²) in [6, 6.07) is 10.4. The molecule has 0 aliphatic carbocycles. The molecular weight excluding hydrogens is 424 g/mol. The number of para-hydroxylation sites is 1. The van der Waals surface area contributed by atoms with Gasteiger partial charge in [0.25, 0.3) is 11.8 Å². The summed E-state index contributed by atoms with van der Waals surface area (Å²) in [6.07, 6.45) is 0. The molecule has 1 aliphatic heterocycles. The van der Waals surface area contributed by atoms with Crippen molar-refractivity contribution in [2.75, 3.05) is 19.0 Å². The Morgan fingerprint density at radius 2 is 1.94 bits per heavy atom. The quantitative estimate of drug-likeness (QED) is 0.521. The molecule has 10 heteroatoms. The van der Waals surface area contributed by atoms with E-state index in [0.29, 0.717) is 27.7 Å². The van der Waals surface area contributed by atoms with Crippen LogP contribution in [0.15, 0.2) is 53.7 Å². The van der Waals surface area contributed by atoms with E-state index in [0.717, 1.165) is 0 Å². The van der Waals surface area contributed by atoms with Gasteiger partial charge in [0.15, 0.2) is 18.1 Å². The zero-order valence-corrected chi connectivity index (χ0v) is 17.6. The highest BCUT2D eigenvalue weighted by molar-refractivity contribution is 6.33. The van der Waals surface area contributed by atoms with Gasteiger partial charge in [-0.2, -0.15) is 0 Å². The Labute approximate surface area is 183 Å². The summed E-state index contributed by atoms with van der Waals surface area (Å²) in [4.78, 5) is 36.3. The van der Waals surface area contributed by atoms with Gasteiger partial charge in [0.1, 0.15) is 0 Å². The minimum atomic E-state index is -0.793. The topological polar surface area (TPSA) is 132 Å². The highest BCUT2D eigenvalue weighted by Crippen LogP contribution is 2.35. The van der Waals surface area contributed by atoms with E-state index in [2.05, 4.69) is 16.0 Å². The molecule has 4 amide bonds. The van der Waals surface area contributed by atoms with E-state index in [1.54, 1.807) is 49.4 Å². The van der Waals surface area contributed by atoms with Gasteiger partial charge in [-0.25, -0.2) is 4.79 Å². The molecule has 2 aromatic carbocycles. The van der Waals surface area contributed by atoms with Crippen molar-refractivity contribution in [2.45, 2.75) is 13.0 Å². The largest absolute Gasteiger partial charge is 0.493 e. The molecule has 0 spiro atoms. The molecule has 2 aromatic rings. The standard InChI is InChI=1S/C21H21ClN4O5/c1-11-18(20(28)25-14-6-4-3-5-13(14)22)19(26-21(29)24-11)12-7-8-15(30-2)16(9-12)31-10-17(23)27/h3-9,19H,10H2,1-2H3,(H2,23,27)(H,25,28)(H2,24,26,29)/t19-/m0/s1. The summed E-state index contributed by atoms with van der Waals surface area (Å²) < 4.78 is 10.7. The number of allylic oxidation sites excluding steroid dienone is 1. The Balaban J connectivity index is 1.97. The number of hydrogen-bond donors (Lipinski definition) is 4. The average Bonchev–Trinajstić information content (AvgIpc) is 2.73. The van der Waals surface area contributed by atoms with Crippen LogP contribution < -0.4 is 31.2 Å². The Kier molecular flexibility index (Phi) is 6.66. The zero-order valence-electron chi connectivity index (χ0n) is 16.8. The minimum Gasteiger partial charge on any atom is -0.493 e. The van der Waals surface area contributed by atoms with E-state index in [-0.39, 0.29) is 17.9 Å². The summed E-state index contributed by atoms with van der Waals surface area (Å²) in [7, 11) is 1.45. The normalized spacial score (nSPS) is 15.6. The predicted octanol–water partition coefficient (Wildman–Crippen LogP) is 2.48. The van der Waals surface area contributed by atoms with Gasteiger partial charge in [-0.15, -0.1) is 0 Å². The molecule has 0 saturated carbocycles. The molecular formula is C21H21ClN4O5. The fourth-order valence-electron chi connectivity index (χ4n) is 3.13. The number of nitrogens with two attached hydrogens (primary N) is 1. The highest BCUT2D eigenvalue weighted by atomic mass is 35.5. The number of amides is 4. The van der Waals surface area contributed by atoms with Crippen LogP contribution in [0, 0.1) is 0 Å². The average molecular weight is 445 g/mol. The molecule has 3 rings (SSSR count). The molecule has 1 atom stereocenters. The molecule has 0 fully saturated rings. The predicted molar refractivity (Wildman–Crippen MR) is 115 cm³/mol. The summed E-state index contributed by atoms with van der Waals surface area (Å²) >= 11 is 6.15. The SMILES string of the molecule is COc1ccc([C@@H]2NC(=O)NC(C)=C2C(=O)Nc2ccccc2Cl)cc1OCC(N)=O. The van der Waals surface area contributed by atoms with E-state index in [1.807, 2.05) is 0 Å². The molecule has 1 heterocycles. The Morgan fingerprint density at radius 1 is 1.19 bits per heavy atom. The van der Waals surface area contributed by atoms with Crippen LogP contribution >= 0.6 is 11.6 Å². The van der Waals surface area contributed by atoms with E-state index in [1.165, 1.54) is 7.11 Å². The second-order valence-corrected chi connectivity index (χ2v) is 7.08. The number of benzene rings is 2. The van der Waals surface area contributed by atoms with Gasteiger partial charge >= 0.3 is 6.03 Å². The summed E-state index contributed by atoms with van der Waals surface area (Å²) in [5, 5.41) is 8.49. The van der Waals surface area contributed by atoms with Crippen molar-refractivity contribution in [3.8, 4) is 11.5 Å². The number of urea groups is 1. The lowest BCUT2D eigenvalue weighted by atomic mass is 9.94. The van der Waals surface area contributed by atoms with Gasteiger partial charge in [0.05, 0.1) is 29.4 Å². The molecule has 1 aliphatic rings. The van der Waals surface area contributed by atoms with Gasteiger partial charge < -0.3 is 31.2 Å².